The summed E-state index contributed by atoms with van der Waals surface area (Å²) in [6.07, 6.45) is 6.14. The fraction of sp³-hybridized carbons (Fsp3) is 0.636. The summed E-state index contributed by atoms with van der Waals surface area (Å²) in [5, 5.41) is 19.5. The second kappa shape index (κ2) is 6.01. The zero-order valence-electron chi connectivity index (χ0n) is 15.6. The Morgan fingerprint density at radius 3 is 2.88 bits per heavy atom. The Labute approximate surface area is 155 Å². The first-order valence-electron chi connectivity index (χ1n) is 9.72. The molecule has 0 aliphatic heterocycles. The molecule has 0 spiro atoms. The number of ether oxygens (including phenoxy) is 1. The number of aryl methyl sites for hydroxylation is 1. The number of carboxylic acids is 1. The minimum Gasteiger partial charge on any atom is -0.497 e. The molecule has 0 aromatic heterocycles. The molecule has 138 valence electrons. The summed E-state index contributed by atoms with van der Waals surface area (Å²) in [6, 6.07) is 8.93. The number of carboxylic acid groups (broad SMARTS) is 1. The van der Waals surface area contributed by atoms with Crippen LogP contribution in [0.1, 0.15) is 56.6 Å². The highest BCUT2D eigenvalue weighted by atomic mass is 16.5. The number of fused-ring (bicyclic) bond motifs is 5. The topological polar surface area (TPSA) is 70.3 Å². The average molecular weight is 353 g/mol. The summed E-state index contributed by atoms with van der Waals surface area (Å²) in [7, 11) is 1.68. The molecular formula is C22H27NO3. The second-order valence-corrected chi connectivity index (χ2v) is 8.92. The number of carbonyl (C=O) groups is 1. The molecular weight excluding hydrogens is 326 g/mol. The van der Waals surface area contributed by atoms with Gasteiger partial charge in [0, 0.05) is 6.42 Å². The van der Waals surface area contributed by atoms with E-state index in [4.69, 9.17) is 4.74 Å². The third-order valence-electron chi connectivity index (χ3n) is 7.63. The maximum Gasteiger partial charge on any atom is 0.303 e. The van der Waals surface area contributed by atoms with Crippen molar-refractivity contribution in [2.45, 2.75) is 57.3 Å². The number of hydrogen-bond donors (Lipinski definition) is 1. The quantitative estimate of drug-likeness (QED) is 0.878. The second-order valence-electron chi connectivity index (χ2n) is 8.92. The number of hydrogen-bond acceptors (Lipinski definition) is 3. The monoisotopic (exact) mass is 353 g/mol. The van der Waals surface area contributed by atoms with Gasteiger partial charge in [-0.2, -0.15) is 5.26 Å². The van der Waals surface area contributed by atoms with Crippen LogP contribution in [0.2, 0.25) is 0 Å². The third kappa shape index (κ3) is 2.44. The highest BCUT2D eigenvalue weighted by molar-refractivity contribution is 5.67. The number of rotatable bonds is 3. The van der Waals surface area contributed by atoms with Crippen molar-refractivity contribution in [2.24, 2.45) is 23.2 Å². The van der Waals surface area contributed by atoms with Crippen LogP contribution < -0.4 is 4.74 Å². The van der Waals surface area contributed by atoms with E-state index in [1.54, 1.807) is 7.11 Å². The fourth-order valence-corrected chi connectivity index (χ4v) is 6.52. The lowest BCUT2D eigenvalue weighted by molar-refractivity contribution is -0.138. The molecule has 0 radical (unpaired) electrons. The lowest BCUT2D eigenvalue weighted by Gasteiger charge is -2.53. The van der Waals surface area contributed by atoms with Crippen molar-refractivity contribution in [3.05, 3.63) is 29.3 Å². The molecule has 1 aromatic rings. The number of nitrogens with zero attached hydrogens (tertiary/aromatic N) is 1. The summed E-state index contributed by atoms with van der Waals surface area (Å²) in [4.78, 5) is 11.2. The van der Waals surface area contributed by atoms with Crippen LogP contribution in [0.4, 0.5) is 0 Å². The highest BCUT2D eigenvalue weighted by Crippen LogP contribution is 2.64. The van der Waals surface area contributed by atoms with Crippen LogP contribution in [-0.4, -0.2) is 18.2 Å². The smallest absolute Gasteiger partial charge is 0.303 e. The Bertz CT molecular complexity index is 782. The average Bonchev–Trinajstić information content (AvgIpc) is 2.95. The minimum atomic E-state index is -0.690. The minimum absolute atomic E-state index is 0.190. The SMILES string of the molecule is COc1ccc2c(c1)CCC1C3CC(CC(=O)O)C[C@@]3(C)CCC21C#N. The molecule has 26 heavy (non-hydrogen) atoms. The summed E-state index contributed by atoms with van der Waals surface area (Å²) >= 11 is 0. The Kier molecular flexibility index (Phi) is 4.02. The Balaban J connectivity index is 1.72. The van der Waals surface area contributed by atoms with E-state index in [1.165, 1.54) is 11.1 Å². The van der Waals surface area contributed by atoms with Gasteiger partial charge in [-0.3, -0.25) is 4.79 Å². The van der Waals surface area contributed by atoms with E-state index in [0.29, 0.717) is 11.8 Å². The summed E-state index contributed by atoms with van der Waals surface area (Å²) in [5.41, 5.74) is 2.23. The summed E-state index contributed by atoms with van der Waals surface area (Å²) in [6.45, 7) is 2.34. The van der Waals surface area contributed by atoms with Gasteiger partial charge in [-0.15, -0.1) is 0 Å². The van der Waals surface area contributed by atoms with Crippen molar-refractivity contribution >= 4 is 5.97 Å². The lowest BCUT2D eigenvalue weighted by Crippen LogP contribution is -2.50. The molecule has 4 rings (SSSR count). The van der Waals surface area contributed by atoms with E-state index >= 15 is 0 Å². The normalized spacial score (nSPS) is 37.8. The van der Waals surface area contributed by atoms with Gasteiger partial charge in [-0.1, -0.05) is 13.0 Å². The first kappa shape index (κ1) is 17.4. The molecule has 4 heteroatoms. The van der Waals surface area contributed by atoms with Gasteiger partial charge in [-0.05, 0) is 85.0 Å². The van der Waals surface area contributed by atoms with Crippen molar-refractivity contribution < 1.29 is 14.6 Å². The third-order valence-corrected chi connectivity index (χ3v) is 7.63. The van der Waals surface area contributed by atoms with E-state index in [0.717, 1.165) is 44.3 Å². The molecule has 5 atom stereocenters. The van der Waals surface area contributed by atoms with Gasteiger partial charge < -0.3 is 9.84 Å². The van der Waals surface area contributed by atoms with Crippen molar-refractivity contribution in [3.63, 3.8) is 0 Å². The largest absolute Gasteiger partial charge is 0.497 e. The van der Waals surface area contributed by atoms with Crippen LogP contribution in [0.3, 0.4) is 0 Å². The maximum atomic E-state index is 11.2. The van der Waals surface area contributed by atoms with Crippen LogP contribution in [0.5, 0.6) is 5.75 Å². The molecule has 2 saturated carbocycles. The van der Waals surface area contributed by atoms with Gasteiger partial charge in [-0.25, -0.2) is 0 Å². The van der Waals surface area contributed by atoms with Crippen molar-refractivity contribution in [3.8, 4) is 11.8 Å². The van der Waals surface area contributed by atoms with Gasteiger partial charge >= 0.3 is 5.97 Å². The van der Waals surface area contributed by atoms with Gasteiger partial charge in [0.1, 0.15) is 5.75 Å². The molecule has 0 bridgehead atoms. The van der Waals surface area contributed by atoms with Crippen molar-refractivity contribution in [2.75, 3.05) is 7.11 Å². The van der Waals surface area contributed by atoms with Crippen LogP contribution in [-0.2, 0) is 16.6 Å². The van der Waals surface area contributed by atoms with Crippen LogP contribution in [0.15, 0.2) is 18.2 Å². The molecule has 3 aliphatic rings. The molecule has 0 saturated heterocycles. The molecule has 0 heterocycles. The fourth-order valence-electron chi connectivity index (χ4n) is 6.52. The number of methoxy groups -OCH3 is 1. The van der Waals surface area contributed by atoms with E-state index < -0.39 is 11.4 Å². The predicted octanol–water partition coefficient (Wildman–Crippen LogP) is 4.32. The van der Waals surface area contributed by atoms with E-state index in [-0.39, 0.29) is 17.8 Å². The zero-order chi connectivity index (χ0) is 18.5. The molecule has 1 N–H and O–H groups in total. The Hall–Kier alpha value is -2.02. The van der Waals surface area contributed by atoms with Crippen molar-refractivity contribution in [1.82, 2.24) is 0 Å². The zero-order valence-corrected chi connectivity index (χ0v) is 15.6. The molecule has 4 unspecified atom stereocenters. The van der Waals surface area contributed by atoms with Crippen LogP contribution in [0.25, 0.3) is 0 Å². The molecule has 4 nitrogen and oxygen atoms in total. The first-order valence-corrected chi connectivity index (χ1v) is 9.72. The lowest BCUT2D eigenvalue weighted by atomic mass is 9.49. The molecule has 3 aliphatic carbocycles. The van der Waals surface area contributed by atoms with Crippen LogP contribution in [0, 0.1) is 34.5 Å². The predicted molar refractivity (Wildman–Crippen MR) is 97.9 cm³/mol. The van der Waals surface area contributed by atoms with Gasteiger partial charge in [0.25, 0.3) is 0 Å². The van der Waals surface area contributed by atoms with E-state index in [9.17, 15) is 15.2 Å². The van der Waals surface area contributed by atoms with E-state index in [2.05, 4.69) is 25.1 Å². The highest BCUT2D eigenvalue weighted by Gasteiger charge is 2.59. The molecule has 2 fully saturated rings. The molecule has 1 aromatic carbocycles. The first-order chi connectivity index (χ1) is 12.4. The standard InChI is InChI=1S/C22H27NO3/c1-21-7-8-22(13-23)17-6-4-16(26-2)11-15(17)3-5-18(22)19(21)9-14(12-21)10-20(24)25/h4,6,11,14,18-19H,3,5,7-10,12H2,1-2H3,(H,24,25)/t14?,18?,19?,21-,22?/m1/s1. The maximum absolute atomic E-state index is 11.2. The summed E-state index contributed by atoms with van der Waals surface area (Å²) in [5.74, 6) is 1.22. The number of aliphatic carboxylic acids is 1. The molecule has 0 amide bonds. The Morgan fingerprint density at radius 2 is 2.19 bits per heavy atom. The Morgan fingerprint density at radius 1 is 1.38 bits per heavy atom. The number of nitriles is 1. The van der Waals surface area contributed by atoms with Gasteiger partial charge in [0.15, 0.2) is 0 Å². The van der Waals surface area contributed by atoms with Gasteiger partial charge in [0.05, 0.1) is 18.6 Å². The van der Waals surface area contributed by atoms with Crippen molar-refractivity contribution in [1.29, 1.82) is 5.26 Å². The van der Waals surface area contributed by atoms with Gasteiger partial charge in [0.2, 0.25) is 0 Å². The van der Waals surface area contributed by atoms with Crippen LogP contribution >= 0.6 is 0 Å². The number of benzene rings is 1. The van der Waals surface area contributed by atoms with E-state index in [1.807, 2.05) is 6.07 Å². The summed E-state index contributed by atoms with van der Waals surface area (Å²) < 4.78 is 5.38.